The molecule has 0 fully saturated rings. The molecule has 1 heterocycles. The number of nitrogens with one attached hydrogen (secondary N) is 1. The minimum atomic E-state index is 0.846. The lowest BCUT2D eigenvalue weighted by Crippen LogP contribution is -1.95. The number of ether oxygens (including phenoxy) is 1. The zero-order chi connectivity index (χ0) is 13.1. The van der Waals surface area contributed by atoms with Crippen molar-refractivity contribution in [3.63, 3.8) is 0 Å². The van der Waals surface area contributed by atoms with E-state index in [-0.39, 0.29) is 0 Å². The Kier molecular flexibility index (Phi) is 4.07. The highest BCUT2D eigenvalue weighted by molar-refractivity contribution is 9.10. The standard InChI is InChI=1S/C14H17BrN2O/c1-4-11-7-10(5-6-13(11)18-3)8-12-14(15)17-9(2)16-12/h5-7H,4,8H2,1-3H3,(H,16,17). The molecule has 1 aromatic carbocycles. The first-order valence-corrected chi connectivity index (χ1v) is 6.80. The molecule has 0 aliphatic rings. The van der Waals surface area contributed by atoms with Gasteiger partial charge in [0.05, 0.1) is 12.8 Å². The van der Waals surface area contributed by atoms with Crippen molar-refractivity contribution in [1.82, 2.24) is 9.97 Å². The number of aromatic nitrogens is 2. The molecule has 3 nitrogen and oxygen atoms in total. The maximum Gasteiger partial charge on any atom is 0.127 e. The number of imidazole rings is 1. The van der Waals surface area contributed by atoms with Gasteiger partial charge in [-0.3, -0.25) is 0 Å². The third-order valence-electron chi connectivity index (χ3n) is 2.95. The first-order chi connectivity index (χ1) is 8.63. The normalized spacial score (nSPS) is 10.7. The monoisotopic (exact) mass is 308 g/mol. The molecule has 96 valence electrons. The average molecular weight is 309 g/mol. The zero-order valence-corrected chi connectivity index (χ0v) is 12.5. The molecule has 0 bridgehead atoms. The van der Waals surface area contributed by atoms with Crippen LogP contribution in [-0.4, -0.2) is 17.1 Å². The molecular formula is C14H17BrN2O. The summed E-state index contributed by atoms with van der Waals surface area (Å²) in [7, 11) is 1.71. The molecule has 0 amide bonds. The fraction of sp³-hybridized carbons (Fsp3) is 0.357. The maximum atomic E-state index is 5.34. The molecule has 18 heavy (non-hydrogen) atoms. The van der Waals surface area contributed by atoms with Gasteiger partial charge in [0.2, 0.25) is 0 Å². The van der Waals surface area contributed by atoms with Crippen LogP contribution in [0.3, 0.4) is 0 Å². The van der Waals surface area contributed by atoms with E-state index in [4.69, 9.17) is 4.74 Å². The molecule has 1 N–H and O–H groups in total. The lowest BCUT2D eigenvalue weighted by atomic mass is 10.0. The highest BCUT2D eigenvalue weighted by Crippen LogP contribution is 2.23. The Labute approximate surface area is 116 Å². The third-order valence-corrected chi connectivity index (χ3v) is 3.61. The Morgan fingerprint density at radius 1 is 1.39 bits per heavy atom. The zero-order valence-electron chi connectivity index (χ0n) is 10.9. The van der Waals surface area contributed by atoms with Gasteiger partial charge in [0, 0.05) is 6.42 Å². The molecule has 0 aliphatic carbocycles. The second kappa shape index (κ2) is 5.57. The van der Waals surface area contributed by atoms with Gasteiger partial charge in [-0.05, 0) is 46.5 Å². The van der Waals surface area contributed by atoms with Crippen LogP contribution in [0, 0.1) is 6.92 Å². The van der Waals surface area contributed by atoms with Crippen molar-refractivity contribution >= 4 is 15.9 Å². The van der Waals surface area contributed by atoms with Crippen molar-refractivity contribution in [3.8, 4) is 5.75 Å². The summed E-state index contributed by atoms with van der Waals surface area (Å²) in [6.45, 7) is 4.09. The first-order valence-electron chi connectivity index (χ1n) is 6.00. The number of halogens is 1. The van der Waals surface area contributed by atoms with Crippen molar-refractivity contribution in [2.75, 3.05) is 7.11 Å². The van der Waals surface area contributed by atoms with Crippen LogP contribution < -0.4 is 4.74 Å². The van der Waals surface area contributed by atoms with Gasteiger partial charge < -0.3 is 9.72 Å². The number of nitrogens with zero attached hydrogens (tertiary/aromatic N) is 1. The molecular weight excluding hydrogens is 292 g/mol. The van der Waals surface area contributed by atoms with Crippen LogP contribution in [0.25, 0.3) is 0 Å². The fourth-order valence-electron chi connectivity index (χ4n) is 2.05. The van der Waals surface area contributed by atoms with Gasteiger partial charge in [-0.2, -0.15) is 0 Å². The molecule has 2 aromatic rings. The SMILES string of the molecule is CCc1cc(Cc2[nH]c(C)nc2Br)ccc1OC. The van der Waals surface area contributed by atoms with Crippen LogP contribution in [0.1, 0.15) is 29.6 Å². The Balaban J connectivity index is 2.27. The van der Waals surface area contributed by atoms with Crippen LogP contribution >= 0.6 is 15.9 Å². The predicted molar refractivity (Wildman–Crippen MR) is 76.2 cm³/mol. The van der Waals surface area contributed by atoms with E-state index >= 15 is 0 Å². The van der Waals surface area contributed by atoms with Crippen molar-refractivity contribution in [3.05, 3.63) is 45.4 Å². The molecule has 1 aromatic heterocycles. The Bertz CT molecular complexity index is 549. The molecule has 0 atom stereocenters. The summed E-state index contributed by atoms with van der Waals surface area (Å²) in [6, 6.07) is 6.33. The van der Waals surface area contributed by atoms with Crippen LogP contribution in [0.4, 0.5) is 0 Å². The predicted octanol–water partition coefficient (Wildman–Crippen LogP) is 3.64. The Hall–Kier alpha value is -1.29. The van der Waals surface area contributed by atoms with Crippen LogP contribution in [-0.2, 0) is 12.8 Å². The van der Waals surface area contributed by atoms with Gasteiger partial charge in [-0.25, -0.2) is 4.98 Å². The van der Waals surface area contributed by atoms with Gasteiger partial charge >= 0.3 is 0 Å². The summed E-state index contributed by atoms with van der Waals surface area (Å²) in [4.78, 5) is 7.59. The second-order valence-electron chi connectivity index (χ2n) is 4.27. The van der Waals surface area contributed by atoms with Gasteiger partial charge in [-0.15, -0.1) is 0 Å². The molecule has 2 rings (SSSR count). The van der Waals surface area contributed by atoms with Gasteiger partial charge in [-0.1, -0.05) is 19.1 Å². The molecule has 0 aliphatic heterocycles. The lowest BCUT2D eigenvalue weighted by molar-refractivity contribution is 0.410. The summed E-state index contributed by atoms with van der Waals surface area (Å²) >= 11 is 3.47. The summed E-state index contributed by atoms with van der Waals surface area (Å²) < 4.78 is 6.24. The molecule has 0 spiro atoms. The van der Waals surface area contributed by atoms with Crippen LogP contribution in [0.15, 0.2) is 22.8 Å². The summed E-state index contributed by atoms with van der Waals surface area (Å²) in [5.74, 6) is 1.89. The highest BCUT2D eigenvalue weighted by Gasteiger charge is 2.08. The van der Waals surface area contributed by atoms with Gasteiger partial charge in [0.15, 0.2) is 0 Å². The molecule has 0 radical (unpaired) electrons. The van der Waals surface area contributed by atoms with E-state index in [2.05, 4.69) is 45.0 Å². The number of methoxy groups -OCH3 is 1. The van der Waals surface area contributed by atoms with Gasteiger partial charge in [0.1, 0.15) is 16.2 Å². The molecule has 0 saturated carbocycles. The first kappa shape index (κ1) is 13.1. The fourth-order valence-corrected chi connectivity index (χ4v) is 2.56. The highest BCUT2D eigenvalue weighted by atomic mass is 79.9. The van der Waals surface area contributed by atoms with Crippen molar-refractivity contribution in [2.45, 2.75) is 26.7 Å². The number of rotatable bonds is 4. The Morgan fingerprint density at radius 3 is 2.72 bits per heavy atom. The van der Waals surface area contributed by atoms with E-state index in [0.29, 0.717) is 0 Å². The van der Waals surface area contributed by atoms with Crippen molar-refractivity contribution in [2.24, 2.45) is 0 Å². The summed E-state index contributed by atoms with van der Waals surface area (Å²) in [6.07, 6.45) is 1.82. The smallest absolute Gasteiger partial charge is 0.127 e. The third kappa shape index (κ3) is 2.75. The van der Waals surface area contributed by atoms with E-state index in [1.165, 1.54) is 11.1 Å². The van der Waals surface area contributed by atoms with Crippen molar-refractivity contribution < 1.29 is 4.74 Å². The van der Waals surface area contributed by atoms with Crippen molar-refractivity contribution in [1.29, 1.82) is 0 Å². The number of hydrogen-bond acceptors (Lipinski definition) is 2. The van der Waals surface area contributed by atoms with Crippen LogP contribution in [0.5, 0.6) is 5.75 Å². The number of hydrogen-bond donors (Lipinski definition) is 1. The second-order valence-corrected chi connectivity index (χ2v) is 5.02. The number of benzene rings is 1. The quantitative estimate of drug-likeness (QED) is 0.936. The van der Waals surface area contributed by atoms with Crippen LogP contribution in [0.2, 0.25) is 0 Å². The largest absolute Gasteiger partial charge is 0.496 e. The Morgan fingerprint density at radius 2 is 2.17 bits per heavy atom. The maximum absolute atomic E-state index is 5.34. The number of H-pyrrole nitrogens is 1. The summed E-state index contributed by atoms with van der Waals surface area (Å²) in [5.41, 5.74) is 3.61. The minimum absolute atomic E-state index is 0.846. The minimum Gasteiger partial charge on any atom is -0.496 e. The lowest BCUT2D eigenvalue weighted by Gasteiger charge is -2.09. The number of aromatic amines is 1. The number of aryl methyl sites for hydroxylation is 2. The van der Waals surface area contributed by atoms with E-state index in [1.807, 2.05) is 13.0 Å². The topological polar surface area (TPSA) is 37.9 Å². The van der Waals surface area contributed by atoms with Gasteiger partial charge in [0.25, 0.3) is 0 Å². The van der Waals surface area contributed by atoms with E-state index in [9.17, 15) is 0 Å². The van der Waals surface area contributed by atoms with E-state index in [1.54, 1.807) is 7.11 Å². The average Bonchev–Trinajstić information content (AvgIpc) is 2.67. The molecule has 0 saturated heterocycles. The van der Waals surface area contributed by atoms with E-state index < -0.39 is 0 Å². The van der Waals surface area contributed by atoms with E-state index in [0.717, 1.165) is 34.7 Å². The molecule has 0 unspecified atom stereocenters. The summed E-state index contributed by atoms with van der Waals surface area (Å²) in [5, 5.41) is 0. The molecule has 4 heteroatoms.